The molecule has 2 fully saturated rings. The van der Waals surface area contributed by atoms with Crippen LogP contribution in [-0.2, 0) is 18.3 Å². The Morgan fingerprint density at radius 1 is 1.22 bits per heavy atom. The van der Waals surface area contributed by atoms with Crippen molar-refractivity contribution >= 4 is 23.6 Å². The standard InChI is InChI=1S/C24H31ClN4O3/c1-24(2,3)32-23(31)28-12-17-9-20(10-18(17)13-28)29(11-16-6-5-7-19(25)8-16)22(30)21-14-27(4)15-26-21/h5-8,14-15,17-18,20H,9-13H2,1-4H3. The Bertz CT molecular complexity index is 985. The minimum absolute atomic E-state index is 0.0699. The van der Waals surface area contributed by atoms with E-state index in [1.807, 2.05) is 61.9 Å². The van der Waals surface area contributed by atoms with Crippen molar-refractivity contribution in [2.45, 2.75) is 51.8 Å². The summed E-state index contributed by atoms with van der Waals surface area (Å²) < 4.78 is 7.33. The number of benzene rings is 1. The molecule has 2 unspecified atom stereocenters. The number of hydrogen-bond acceptors (Lipinski definition) is 4. The topological polar surface area (TPSA) is 67.7 Å². The molecule has 2 heterocycles. The van der Waals surface area contributed by atoms with E-state index in [2.05, 4.69) is 4.98 Å². The number of carbonyl (C=O) groups excluding carboxylic acids is 2. The lowest BCUT2D eigenvalue weighted by molar-refractivity contribution is 0.0270. The van der Waals surface area contributed by atoms with E-state index < -0.39 is 5.60 Å². The van der Waals surface area contributed by atoms with Gasteiger partial charge in [-0.05, 0) is 63.1 Å². The number of aryl methyl sites for hydroxylation is 1. The highest BCUT2D eigenvalue weighted by molar-refractivity contribution is 6.30. The zero-order valence-corrected chi connectivity index (χ0v) is 19.9. The van der Waals surface area contributed by atoms with Gasteiger partial charge in [0.25, 0.3) is 5.91 Å². The summed E-state index contributed by atoms with van der Waals surface area (Å²) in [6.07, 6.45) is 4.88. The summed E-state index contributed by atoms with van der Waals surface area (Å²) in [6.45, 7) is 7.49. The Hall–Kier alpha value is -2.54. The first-order valence-corrected chi connectivity index (χ1v) is 11.5. The van der Waals surface area contributed by atoms with Gasteiger partial charge in [-0.1, -0.05) is 23.7 Å². The smallest absolute Gasteiger partial charge is 0.410 e. The van der Waals surface area contributed by atoms with E-state index in [0.717, 1.165) is 18.4 Å². The molecule has 0 radical (unpaired) electrons. The number of hydrogen-bond donors (Lipinski definition) is 0. The SMILES string of the molecule is Cn1cnc(C(=O)N(Cc2cccc(Cl)c2)C2CC3CN(C(=O)OC(C)(C)C)CC3C2)c1. The van der Waals surface area contributed by atoms with E-state index >= 15 is 0 Å². The van der Waals surface area contributed by atoms with Crippen molar-refractivity contribution in [3.63, 3.8) is 0 Å². The van der Waals surface area contributed by atoms with Crippen LogP contribution >= 0.6 is 11.6 Å². The van der Waals surface area contributed by atoms with Crippen LogP contribution in [0.1, 0.15) is 49.7 Å². The summed E-state index contributed by atoms with van der Waals surface area (Å²) in [4.78, 5) is 33.9. The van der Waals surface area contributed by atoms with Crippen LogP contribution < -0.4 is 0 Å². The second kappa shape index (κ2) is 8.77. The van der Waals surface area contributed by atoms with Gasteiger partial charge in [0.15, 0.2) is 0 Å². The lowest BCUT2D eigenvalue weighted by Crippen LogP contribution is -2.41. The number of ether oxygens (including phenoxy) is 1. The number of halogens is 1. The van der Waals surface area contributed by atoms with Crippen molar-refractivity contribution < 1.29 is 14.3 Å². The molecule has 1 aromatic carbocycles. The molecular formula is C24H31ClN4O3. The molecule has 2 aromatic rings. The fourth-order valence-electron chi connectivity index (χ4n) is 4.87. The molecule has 4 rings (SSSR count). The highest BCUT2D eigenvalue weighted by atomic mass is 35.5. The van der Waals surface area contributed by atoms with Gasteiger partial charge in [-0.2, -0.15) is 0 Å². The summed E-state index contributed by atoms with van der Waals surface area (Å²) in [6, 6.07) is 7.73. The van der Waals surface area contributed by atoms with Crippen LogP contribution in [0.4, 0.5) is 4.79 Å². The number of carbonyl (C=O) groups is 2. The first kappa shape index (κ1) is 22.6. The van der Waals surface area contributed by atoms with E-state index in [0.29, 0.717) is 42.2 Å². The van der Waals surface area contributed by atoms with Crippen molar-refractivity contribution in [1.29, 1.82) is 0 Å². The van der Waals surface area contributed by atoms with E-state index in [4.69, 9.17) is 16.3 Å². The lowest BCUT2D eigenvalue weighted by atomic mass is 10.0. The maximum atomic E-state index is 13.4. The number of likely N-dealkylation sites (tertiary alicyclic amines) is 1. The van der Waals surface area contributed by atoms with Gasteiger partial charge in [-0.3, -0.25) is 4.79 Å². The first-order chi connectivity index (χ1) is 15.1. The third-order valence-electron chi connectivity index (χ3n) is 6.25. The summed E-state index contributed by atoms with van der Waals surface area (Å²) >= 11 is 6.19. The maximum absolute atomic E-state index is 13.4. The van der Waals surface area contributed by atoms with Crippen LogP contribution in [0, 0.1) is 11.8 Å². The summed E-state index contributed by atoms with van der Waals surface area (Å²) in [5.41, 5.74) is 0.941. The van der Waals surface area contributed by atoms with Gasteiger partial charge in [-0.25, -0.2) is 9.78 Å². The Labute approximate surface area is 194 Å². The van der Waals surface area contributed by atoms with Crippen molar-refractivity contribution in [1.82, 2.24) is 19.4 Å². The largest absolute Gasteiger partial charge is 0.444 e. The van der Waals surface area contributed by atoms with Crippen molar-refractivity contribution in [3.05, 3.63) is 53.1 Å². The molecule has 1 saturated carbocycles. The van der Waals surface area contributed by atoms with Crippen LogP contribution in [0.25, 0.3) is 0 Å². The van der Waals surface area contributed by atoms with E-state index in [1.54, 1.807) is 17.1 Å². The Kier molecular flexibility index (Phi) is 6.21. The number of nitrogens with zero attached hydrogens (tertiary/aromatic N) is 4. The van der Waals surface area contributed by atoms with Gasteiger partial charge in [0, 0.05) is 43.9 Å². The predicted octanol–water partition coefficient (Wildman–Crippen LogP) is 4.36. The number of fused-ring (bicyclic) bond motifs is 1. The monoisotopic (exact) mass is 458 g/mol. The van der Waals surface area contributed by atoms with Gasteiger partial charge in [0.1, 0.15) is 11.3 Å². The molecular weight excluding hydrogens is 428 g/mol. The number of aromatic nitrogens is 2. The number of rotatable bonds is 4. The molecule has 2 atom stereocenters. The fourth-order valence-corrected chi connectivity index (χ4v) is 5.08. The Morgan fingerprint density at radius 2 is 1.91 bits per heavy atom. The fraction of sp³-hybridized carbons (Fsp3) is 0.542. The summed E-state index contributed by atoms with van der Waals surface area (Å²) in [5, 5.41) is 0.657. The second-order valence-corrected chi connectivity index (χ2v) is 10.5. The van der Waals surface area contributed by atoms with Crippen LogP contribution in [0.15, 0.2) is 36.8 Å². The van der Waals surface area contributed by atoms with Crippen LogP contribution in [0.2, 0.25) is 5.02 Å². The van der Waals surface area contributed by atoms with Gasteiger partial charge < -0.3 is 19.1 Å². The molecule has 1 aliphatic heterocycles. The third-order valence-corrected chi connectivity index (χ3v) is 6.48. The second-order valence-electron chi connectivity index (χ2n) is 10.0. The maximum Gasteiger partial charge on any atom is 0.410 e. The molecule has 32 heavy (non-hydrogen) atoms. The Balaban J connectivity index is 1.48. The van der Waals surface area contributed by atoms with E-state index in [9.17, 15) is 9.59 Å². The molecule has 7 nitrogen and oxygen atoms in total. The Morgan fingerprint density at radius 3 is 2.47 bits per heavy atom. The predicted molar refractivity (Wildman–Crippen MR) is 122 cm³/mol. The zero-order valence-electron chi connectivity index (χ0n) is 19.1. The summed E-state index contributed by atoms with van der Waals surface area (Å²) in [7, 11) is 1.86. The molecule has 2 aliphatic rings. The van der Waals surface area contributed by atoms with E-state index in [1.165, 1.54) is 0 Å². The molecule has 172 valence electrons. The van der Waals surface area contributed by atoms with Crippen LogP contribution in [-0.4, -0.2) is 56.1 Å². The number of amides is 2. The normalized spacial score (nSPS) is 22.7. The van der Waals surface area contributed by atoms with Gasteiger partial charge >= 0.3 is 6.09 Å². The van der Waals surface area contributed by atoms with Crippen molar-refractivity contribution in [2.75, 3.05) is 13.1 Å². The molecule has 0 bridgehead atoms. The highest BCUT2D eigenvalue weighted by Crippen LogP contribution is 2.41. The van der Waals surface area contributed by atoms with E-state index in [-0.39, 0.29) is 18.0 Å². The molecule has 1 aromatic heterocycles. The van der Waals surface area contributed by atoms with Gasteiger partial charge in [-0.15, -0.1) is 0 Å². The first-order valence-electron chi connectivity index (χ1n) is 11.1. The lowest BCUT2D eigenvalue weighted by Gasteiger charge is -2.30. The summed E-state index contributed by atoms with van der Waals surface area (Å²) in [5.74, 6) is 0.663. The molecule has 0 N–H and O–H groups in total. The highest BCUT2D eigenvalue weighted by Gasteiger charge is 2.46. The van der Waals surface area contributed by atoms with Gasteiger partial charge in [0.2, 0.25) is 0 Å². The minimum atomic E-state index is -0.500. The van der Waals surface area contributed by atoms with Crippen LogP contribution in [0.5, 0.6) is 0 Å². The quantitative estimate of drug-likeness (QED) is 0.682. The average Bonchev–Trinajstić information content (AvgIpc) is 3.39. The van der Waals surface area contributed by atoms with Crippen molar-refractivity contribution in [2.24, 2.45) is 18.9 Å². The molecule has 2 amide bonds. The average molecular weight is 459 g/mol. The molecule has 8 heteroatoms. The van der Waals surface area contributed by atoms with Gasteiger partial charge in [0.05, 0.1) is 6.33 Å². The molecule has 1 aliphatic carbocycles. The third kappa shape index (κ3) is 5.09. The van der Waals surface area contributed by atoms with Crippen LogP contribution in [0.3, 0.4) is 0 Å². The number of imidazole rings is 1. The van der Waals surface area contributed by atoms with Crippen molar-refractivity contribution in [3.8, 4) is 0 Å². The minimum Gasteiger partial charge on any atom is -0.444 e. The zero-order chi connectivity index (χ0) is 23.0. The molecule has 1 saturated heterocycles. The molecule has 0 spiro atoms.